The van der Waals surface area contributed by atoms with Gasteiger partial charge >= 0.3 is 5.97 Å². The molecular formula is C17H30N2O2. The highest BCUT2D eigenvalue weighted by Gasteiger charge is 2.47. The third-order valence-corrected chi connectivity index (χ3v) is 5.82. The first-order valence-corrected chi connectivity index (χ1v) is 8.91. The van der Waals surface area contributed by atoms with Crippen molar-refractivity contribution < 1.29 is 9.90 Å². The van der Waals surface area contributed by atoms with Crippen molar-refractivity contribution >= 4 is 5.97 Å². The predicted octanol–water partition coefficient (Wildman–Crippen LogP) is 2.77. The molecule has 0 amide bonds. The molecular weight excluding hydrogens is 264 g/mol. The average molecular weight is 294 g/mol. The van der Waals surface area contributed by atoms with Crippen LogP contribution in [0.15, 0.2) is 0 Å². The molecule has 0 spiro atoms. The zero-order valence-corrected chi connectivity index (χ0v) is 13.3. The molecule has 3 fully saturated rings. The Kier molecular flexibility index (Phi) is 4.55. The molecule has 0 aromatic rings. The average Bonchev–Trinajstić information content (AvgIpc) is 3.12. The van der Waals surface area contributed by atoms with Crippen LogP contribution in [0.25, 0.3) is 0 Å². The normalized spacial score (nSPS) is 34.5. The summed E-state index contributed by atoms with van der Waals surface area (Å²) in [4.78, 5) is 14.6. The summed E-state index contributed by atoms with van der Waals surface area (Å²) in [5.41, 5.74) is -0.657. The molecule has 3 aliphatic carbocycles. The molecule has 3 rings (SSSR count). The van der Waals surface area contributed by atoms with Crippen LogP contribution in [0.2, 0.25) is 0 Å². The predicted molar refractivity (Wildman–Crippen MR) is 83.4 cm³/mol. The van der Waals surface area contributed by atoms with E-state index in [2.05, 4.69) is 17.1 Å². The van der Waals surface area contributed by atoms with E-state index in [4.69, 9.17) is 0 Å². The Morgan fingerprint density at radius 1 is 1.14 bits per heavy atom. The molecule has 0 heterocycles. The molecule has 3 aliphatic rings. The van der Waals surface area contributed by atoms with Gasteiger partial charge in [-0.15, -0.1) is 0 Å². The van der Waals surface area contributed by atoms with Gasteiger partial charge in [-0.2, -0.15) is 0 Å². The summed E-state index contributed by atoms with van der Waals surface area (Å²) in [6.07, 6.45) is 11.4. The summed E-state index contributed by atoms with van der Waals surface area (Å²) in [5.74, 6) is -0.624. The highest BCUT2D eigenvalue weighted by atomic mass is 16.4. The third kappa shape index (κ3) is 3.26. The van der Waals surface area contributed by atoms with Crippen LogP contribution in [-0.2, 0) is 4.79 Å². The number of aliphatic carboxylic acids is 1. The molecule has 2 atom stereocenters. The standard InChI is InChI=1S/C17H30N2O2/c1-2-19(14-6-3-4-7-14)15-8-5-11-17(12-15,16(20)21)18-13-9-10-13/h13-15,18H,2-12H2,1H3,(H,20,21). The number of rotatable bonds is 6. The summed E-state index contributed by atoms with van der Waals surface area (Å²) >= 11 is 0. The molecule has 0 radical (unpaired) electrons. The first-order valence-electron chi connectivity index (χ1n) is 8.91. The Balaban J connectivity index is 1.71. The fourth-order valence-corrected chi connectivity index (χ4v) is 4.58. The molecule has 0 aromatic carbocycles. The molecule has 0 bridgehead atoms. The van der Waals surface area contributed by atoms with Gasteiger partial charge in [0.25, 0.3) is 0 Å². The number of nitrogens with zero attached hydrogens (tertiary/aromatic N) is 1. The quantitative estimate of drug-likeness (QED) is 0.791. The first kappa shape index (κ1) is 15.3. The van der Waals surface area contributed by atoms with Gasteiger partial charge < -0.3 is 5.11 Å². The lowest BCUT2D eigenvalue weighted by Gasteiger charge is -2.45. The first-order chi connectivity index (χ1) is 10.1. The minimum Gasteiger partial charge on any atom is -0.480 e. The third-order valence-electron chi connectivity index (χ3n) is 5.82. The molecule has 0 aromatic heterocycles. The van der Waals surface area contributed by atoms with Crippen molar-refractivity contribution in [1.82, 2.24) is 10.2 Å². The molecule has 3 saturated carbocycles. The topological polar surface area (TPSA) is 52.6 Å². The van der Waals surface area contributed by atoms with E-state index in [9.17, 15) is 9.90 Å². The van der Waals surface area contributed by atoms with E-state index in [1.54, 1.807) is 0 Å². The molecule has 4 heteroatoms. The lowest BCUT2D eigenvalue weighted by molar-refractivity contribution is -0.147. The Labute approximate surface area is 128 Å². The van der Waals surface area contributed by atoms with Crippen molar-refractivity contribution in [2.24, 2.45) is 0 Å². The fourth-order valence-electron chi connectivity index (χ4n) is 4.58. The summed E-state index contributed by atoms with van der Waals surface area (Å²) in [5, 5.41) is 13.3. The van der Waals surface area contributed by atoms with Crippen molar-refractivity contribution in [2.75, 3.05) is 6.54 Å². The summed E-state index contributed by atoms with van der Waals surface area (Å²) in [7, 11) is 0. The Morgan fingerprint density at radius 2 is 1.81 bits per heavy atom. The van der Waals surface area contributed by atoms with Gasteiger partial charge in [0, 0.05) is 18.1 Å². The van der Waals surface area contributed by atoms with Crippen molar-refractivity contribution in [3.63, 3.8) is 0 Å². The minimum atomic E-state index is -0.657. The Hall–Kier alpha value is -0.610. The SMILES string of the molecule is CCN(C1CCCC1)C1CCCC(NC2CC2)(C(=O)O)C1. The molecule has 120 valence electrons. The van der Waals surface area contributed by atoms with Gasteiger partial charge in [-0.1, -0.05) is 19.8 Å². The number of nitrogens with one attached hydrogen (secondary N) is 1. The molecule has 4 nitrogen and oxygen atoms in total. The zero-order chi connectivity index (χ0) is 14.9. The van der Waals surface area contributed by atoms with Crippen LogP contribution in [-0.4, -0.2) is 46.2 Å². The van der Waals surface area contributed by atoms with E-state index in [0.717, 1.165) is 38.6 Å². The number of hydrogen-bond donors (Lipinski definition) is 2. The van der Waals surface area contributed by atoms with Crippen molar-refractivity contribution in [2.45, 2.75) is 94.8 Å². The smallest absolute Gasteiger partial charge is 0.323 e. The van der Waals surface area contributed by atoms with Crippen molar-refractivity contribution in [3.8, 4) is 0 Å². The van der Waals surface area contributed by atoms with Gasteiger partial charge in [0.05, 0.1) is 0 Å². The lowest BCUT2D eigenvalue weighted by Crippen LogP contribution is -2.59. The van der Waals surface area contributed by atoms with Crippen LogP contribution in [0.4, 0.5) is 0 Å². The van der Waals surface area contributed by atoms with Gasteiger partial charge in [-0.3, -0.25) is 15.0 Å². The molecule has 2 unspecified atom stereocenters. The monoisotopic (exact) mass is 294 g/mol. The van der Waals surface area contributed by atoms with Gasteiger partial charge in [-0.05, 0) is 57.9 Å². The molecule has 0 aliphatic heterocycles. The highest BCUT2D eigenvalue weighted by molar-refractivity contribution is 5.79. The van der Waals surface area contributed by atoms with Crippen LogP contribution in [0.5, 0.6) is 0 Å². The van der Waals surface area contributed by atoms with Gasteiger partial charge in [0.15, 0.2) is 0 Å². The van der Waals surface area contributed by atoms with E-state index in [-0.39, 0.29) is 0 Å². The van der Waals surface area contributed by atoms with Gasteiger partial charge in [-0.25, -0.2) is 0 Å². The molecule has 0 saturated heterocycles. The minimum absolute atomic E-state index is 0.453. The summed E-state index contributed by atoms with van der Waals surface area (Å²) in [6, 6.07) is 1.61. The van der Waals surface area contributed by atoms with Crippen LogP contribution in [0.1, 0.15) is 71.1 Å². The van der Waals surface area contributed by atoms with E-state index in [0.29, 0.717) is 18.1 Å². The molecule has 2 N–H and O–H groups in total. The van der Waals surface area contributed by atoms with E-state index in [1.165, 1.54) is 32.1 Å². The maximum Gasteiger partial charge on any atom is 0.323 e. The number of carbonyl (C=O) groups is 1. The van der Waals surface area contributed by atoms with E-state index in [1.807, 2.05) is 0 Å². The van der Waals surface area contributed by atoms with Gasteiger partial charge in [0.1, 0.15) is 5.54 Å². The number of hydrogen-bond acceptors (Lipinski definition) is 3. The summed E-state index contributed by atoms with van der Waals surface area (Å²) < 4.78 is 0. The van der Waals surface area contributed by atoms with Crippen molar-refractivity contribution in [1.29, 1.82) is 0 Å². The molecule has 21 heavy (non-hydrogen) atoms. The van der Waals surface area contributed by atoms with Crippen LogP contribution >= 0.6 is 0 Å². The summed E-state index contributed by atoms with van der Waals surface area (Å²) in [6.45, 7) is 3.30. The lowest BCUT2D eigenvalue weighted by atomic mass is 9.77. The van der Waals surface area contributed by atoms with Crippen LogP contribution < -0.4 is 5.32 Å². The Bertz CT molecular complexity index is 377. The maximum absolute atomic E-state index is 11.9. The second-order valence-corrected chi connectivity index (χ2v) is 7.32. The van der Waals surface area contributed by atoms with E-state index >= 15 is 0 Å². The zero-order valence-electron chi connectivity index (χ0n) is 13.3. The van der Waals surface area contributed by atoms with Crippen LogP contribution in [0, 0.1) is 0 Å². The highest BCUT2D eigenvalue weighted by Crippen LogP contribution is 2.37. The maximum atomic E-state index is 11.9. The number of carboxylic acids is 1. The second kappa shape index (κ2) is 6.25. The fraction of sp³-hybridized carbons (Fsp3) is 0.941. The van der Waals surface area contributed by atoms with Gasteiger partial charge in [0.2, 0.25) is 0 Å². The number of carboxylic acid groups (broad SMARTS) is 1. The van der Waals surface area contributed by atoms with E-state index < -0.39 is 11.5 Å². The Morgan fingerprint density at radius 3 is 2.38 bits per heavy atom. The van der Waals surface area contributed by atoms with Crippen molar-refractivity contribution in [3.05, 3.63) is 0 Å². The van der Waals surface area contributed by atoms with Crippen LogP contribution in [0.3, 0.4) is 0 Å². The second-order valence-electron chi connectivity index (χ2n) is 7.32. The largest absolute Gasteiger partial charge is 0.480 e.